The van der Waals surface area contributed by atoms with E-state index in [1.807, 2.05) is 0 Å². The molecule has 1 saturated heterocycles. The molecular weight excluding hydrogens is 425 g/mol. The zero-order valence-corrected chi connectivity index (χ0v) is 16.2. The Hall–Kier alpha value is -3.07. The summed E-state index contributed by atoms with van der Waals surface area (Å²) in [6, 6.07) is 8.62. The van der Waals surface area contributed by atoms with Gasteiger partial charge < -0.3 is 15.0 Å². The van der Waals surface area contributed by atoms with Crippen molar-refractivity contribution in [1.82, 2.24) is 0 Å². The molecule has 158 valence electrons. The number of esters is 1. The average molecular weight is 441 g/mol. The topological polar surface area (TPSA) is 75.7 Å². The molecule has 3 rings (SSSR count). The molecule has 0 atom stereocenters. The minimum Gasteiger partial charge on any atom is -0.452 e. The molecule has 0 unspecified atom stereocenters. The molecule has 30 heavy (non-hydrogen) atoms. The average Bonchev–Trinajstić information content (AvgIpc) is 3.13. The predicted molar refractivity (Wildman–Crippen MR) is 103 cm³/mol. The Labute approximate surface area is 174 Å². The van der Waals surface area contributed by atoms with Crippen LogP contribution in [0.3, 0.4) is 0 Å². The van der Waals surface area contributed by atoms with Gasteiger partial charge >= 0.3 is 12.1 Å². The standard InChI is InChI=1S/C20H16ClF3N2O4/c21-15-8-5-13(20(22,23)24)10-16(15)25-17(27)11-30-19(29)12-3-6-14(7-4-12)26-9-1-2-18(26)28/h3-8,10H,1-2,9,11H2,(H,25,27). The van der Waals surface area contributed by atoms with Gasteiger partial charge in [-0.25, -0.2) is 4.79 Å². The van der Waals surface area contributed by atoms with Crippen molar-refractivity contribution in [3.63, 3.8) is 0 Å². The third-order valence-corrected chi connectivity index (χ3v) is 4.72. The Bertz CT molecular complexity index is 977. The molecule has 6 nitrogen and oxygen atoms in total. The molecule has 10 heteroatoms. The van der Waals surface area contributed by atoms with Crippen molar-refractivity contribution in [3.8, 4) is 0 Å². The number of hydrogen-bond donors (Lipinski definition) is 1. The molecule has 2 amide bonds. The third-order valence-electron chi connectivity index (χ3n) is 4.39. The number of carbonyl (C=O) groups is 3. The summed E-state index contributed by atoms with van der Waals surface area (Å²) in [5.74, 6) is -1.63. The van der Waals surface area contributed by atoms with Crippen LogP contribution >= 0.6 is 11.6 Å². The maximum atomic E-state index is 12.8. The summed E-state index contributed by atoms with van der Waals surface area (Å²) < 4.78 is 43.2. The molecule has 1 N–H and O–H groups in total. The van der Waals surface area contributed by atoms with Gasteiger partial charge in [-0.2, -0.15) is 13.2 Å². The van der Waals surface area contributed by atoms with Gasteiger partial charge in [0, 0.05) is 18.7 Å². The molecule has 2 aromatic rings. The van der Waals surface area contributed by atoms with Gasteiger partial charge in [-0.05, 0) is 48.9 Å². The van der Waals surface area contributed by atoms with Crippen LogP contribution in [-0.4, -0.2) is 30.9 Å². The normalized spacial score (nSPS) is 14.0. The second-order valence-electron chi connectivity index (χ2n) is 6.51. The van der Waals surface area contributed by atoms with Gasteiger partial charge in [0.25, 0.3) is 5.91 Å². The van der Waals surface area contributed by atoms with E-state index in [1.165, 1.54) is 12.1 Å². The van der Waals surface area contributed by atoms with E-state index in [-0.39, 0.29) is 22.2 Å². The van der Waals surface area contributed by atoms with Gasteiger partial charge in [-0.3, -0.25) is 9.59 Å². The molecule has 1 aliphatic heterocycles. The molecule has 0 radical (unpaired) electrons. The molecule has 0 aliphatic carbocycles. The number of halogens is 4. The summed E-state index contributed by atoms with van der Waals surface area (Å²) >= 11 is 5.81. The van der Waals surface area contributed by atoms with Crippen molar-refractivity contribution in [2.24, 2.45) is 0 Å². The van der Waals surface area contributed by atoms with Crippen LogP contribution in [0.15, 0.2) is 42.5 Å². The molecule has 1 fully saturated rings. The largest absolute Gasteiger partial charge is 0.452 e. The summed E-state index contributed by atoms with van der Waals surface area (Å²) in [6.45, 7) is -0.0985. The molecule has 1 heterocycles. The van der Waals surface area contributed by atoms with Crippen LogP contribution in [0.1, 0.15) is 28.8 Å². The summed E-state index contributed by atoms with van der Waals surface area (Å²) in [7, 11) is 0. The first-order chi connectivity index (χ1) is 14.1. The van der Waals surface area contributed by atoms with Crippen LogP contribution in [0.5, 0.6) is 0 Å². The smallest absolute Gasteiger partial charge is 0.416 e. The summed E-state index contributed by atoms with van der Waals surface area (Å²) in [5.41, 5.74) is -0.399. The number of ether oxygens (including phenoxy) is 1. The number of benzene rings is 2. The number of hydrogen-bond acceptors (Lipinski definition) is 4. The van der Waals surface area contributed by atoms with E-state index in [0.717, 1.165) is 18.6 Å². The Morgan fingerprint density at radius 3 is 2.43 bits per heavy atom. The van der Waals surface area contributed by atoms with Crippen LogP contribution in [0.25, 0.3) is 0 Å². The first kappa shape index (κ1) is 21.6. The third kappa shape index (κ3) is 5.10. The minimum atomic E-state index is -4.59. The molecule has 0 saturated carbocycles. The first-order valence-electron chi connectivity index (χ1n) is 8.89. The van der Waals surface area contributed by atoms with E-state index >= 15 is 0 Å². The summed E-state index contributed by atoms with van der Waals surface area (Å²) in [4.78, 5) is 37.4. The van der Waals surface area contributed by atoms with Crippen molar-refractivity contribution in [3.05, 3.63) is 58.6 Å². The Kier molecular flexibility index (Phi) is 6.31. The lowest BCUT2D eigenvalue weighted by molar-refractivity contribution is -0.137. The fraction of sp³-hybridized carbons (Fsp3) is 0.250. The molecule has 2 aromatic carbocycles. The maximum Gasteiger partial charge on any atom is 0.416 e. The minimum absolute atomic E-state index is 0.00949. The number of amides is 2. The number of nitrogens with one attached hydrogen (secondary N) is 1. The van der Waals surface area contributed by atoms with Gasteiger partial charge in [0.2, 0.25) is 5.91 Å². The summed E-state index contributed by atoms with van der Waals surface area (Å²) in [5, 5.41) is 2.10. The number of carbonyl (C=O) groups excluding carboxylic acids is 3. The lowest BCUT2D eigenvalue weighted by Crippen LogP contribution is -2.24. The monoisotopic (exact) mass is 440 g/mol. The van der Waals surface area contributed by atoms with Crippen molar-refractivity contribution < 1.29 is 32.3 Å². The van der Waals surface area contributed by atoms with Crippen molar-refractivity contribution in [2.75, 3.05) is 23.4 Å². The van der Waals surface area contributed by atoms with Crippen LogP contribution in [0.2, 0.25) is 5.02 Å². The molecule has 0 bridgehead atoms. The zero-order chi connectivity index (χ0) is 21.9. The van der Waals surface area contributed by atoms with E-state index < -0.39 is 30.2 Å². The van der Waals surface area contributed by atoms with Crippen molar-refractivity contribution in [1.29, 1.82) is 0 Å². The predicted octanol–water partition coefficient (Wildman–Crippen LogP) is 4.28. The molecular formula is C20H16ClF3N2O4. The maximum absolute atomic E-state index is 12.8. The number of anilines is 2. The van der Waals surface area contributed by atoms with Gasteiger partial charge in [0.1, 0.15) is 0 Å². The van der Waals surface area contributed by atoms with E-state index in [9.17, 15) is 27.6 Å². The second kappa shape index (κ2) is 8.74. The first-order valence-corrected chi connectivity index (χ1v) is 9.27. The quantitative estimate of drug-likeness (QED) is 0.704. The zero-order valence-electron chi connectivity index (χ0n) is 15.5. The Morgan fingerprint density at radius 1 is 1.13 bits per heavy atom. The van der Waals surface area contributed by atoms with Gasteiger partial charge in [-0.15, -0.1) is 0 Å². The fourth-order valence-electron chi connectivity index (χ4n) is 2.90. The van der Waals surface area contributed by atoms with Crippen LogP contribution < -0.4 is 10.2 Å². The Balaban J connectivity index is 1.57. The molecule has 0 spiro atoms. The highest BCUT2D eigenvalue weighted by atomic mass is 35.5. The van der Waals surface area contributed by atoms with Gasteiger partial charge in [0.15, 0.2) is 6.61 Å². The Morgan fingerprint density at radius 2 is 1.83 bits per heavy atom. The molecule has 1 aliphatic rings. The van der Waals surface area contributed by atoms with E-state index in [1.54, 1.807) is 17.0 Å². The highest BCUT2D eigenvalue weighted by Crippen LogP contribution is 2.33. The van der Waals surface area contributed by atoms with Crippen molar-refractivity contribution in [2.45, 2.75) is 19.0 Å². The molecule has 0 aromatic heterocycles. The SMILES string of the molecule is O=C(COC(=O)c1ccc(N2CCCC2=O)cc1)Nc1cc(C(F)(F)F)ccc1Cl. The highest BCUT2D eigenvalue weighted by Gasteiger charge is 2.31. The van der Waals surface area contributed by atoms with Crippen LogP contribution in [0, 0.1) is 0 Å². The van der Waals surface area contributed by atoms with Gasteiger partial charge in [0.05, 0.1) is 21.8 Å². The second-order valence-corrected chi connectivity index (χ2v) is 6.92. The van der Waals surface area contributed by atoms with Gasteiger partial charge in [-0.1, -0.05) is 11.6 Å². The highest BCUT2D eigenvalue weighted by molar-refractivity contribution is 6.33. The lowest BCUT2D eigenvalue weighted by atomic mass is 10.2. The number of rotatable bonds is 5. The number of nitrogens with zero attached hydrogens (tertiary/aromatic N) is 1. The van der Waals surface area contributed by atoms with Crippen LogP contribution in [-0.2, 0) is 20.5 Å². The lowest BCUT2D eigenvalue weighted by Gasteiger charge is -2.15. The van der Waals surface area contributed by atoms with Crippen LogP contribution in [0.4, 0.5) is 24.5 Å². The van der Waals surface area contributed by atoms with E-state index in [2.05, 4.69) is 5.32 Å². The van der Waals surface area contributed by atoms with Crippen molar-refractivity contribution >= 4 is 40.8 Å². The summed E-state index contributed by atoms with van der Waals surface area (Å²) in [6.07, 6.45) is -3.34. The van der Waals surface area contributed by atoms with E-state index in [0.29, 0.717) is 24.7 Å². The fourth-order valence-corrected chi connectivity index (χ4v) is 3.06. The van der Waals surface area contributed by atoms with E-state index in [4.69, 9.17) is 16.3 Å². The number of alkyl halides is 3.